The molecule has 0 aliphatic carbocycles. The fourth-order valence-electron chi connectivity index (χ4n) is 2.50. The summed E-state index contributed by atoms with van der Waals surface area (Å²) >= 11 is 0. The minimum Gasteiger partial charge on any atom is -0.399 e. The van der Waals surface area contributed by atoms with Gasteiger partial charge in [0.25, 0.3) is 0 Å². The Kier molecular flexibility index (Phi) is 3.40. The van der Waals surface area contributed by atoms with Crippen molar-refractivity contribution in [2.45, 2.75) is 26.4 Å². The molecule has 3 nitrogen and oxygen atoms in total. The molecular formula is C14H22N2O. The number of anilines is 1. The highest BCUT2D eigenvalue weighted by molar-refractivity contribution is 5.41. The van der Waals surface area contributed by atoms with Crippen LogP contribution in [-0.2, 0) is 0 Å². The number of nitrogens with two attached hydrogens (primary N) is 1. The fraction of sp³-hybridized carbons (Fsp3) is 0.571. The van der Waals surface area contributed by atoms with Crippen LogP contribution < -0.4 is 5.73 Å². The van der Waals surface area contributed by atoms with E-state index in [0.29, 0.717) is 17.6 Å². The van der Waals surface area contributed by atoms with Crippen molar-refractivity contribution in [3.63, 3.8) is 0 Å². The number of benzene rings is 1. The van der Waals surface area contributed by atoms with Gasteiger partial charge in [-0.3, -0.25) is 4.90 Å². The number of aliphatic hydroxyl groups is 1. The molecule has 2 rings (SSSR count). The summed E-state index contributed by atoms with van der Waals surface area (Å²) in [6.45, 7) is 7.39. The third kappa shape index (κ3) is 3.20. The molecule has 1 aliphatic heterocycles. The van der Waals surface area contributed by atoms with E-state index in [9.17, 15) is 5.11 Å². The maximum Gasteiger partial charge on any atom is 0.0917 e. The highest BCUT2D eigenvalue weighted by Crippen LogP contribution is 2.30. The summed E-state index contributed by atoms with van der Waals surface area (Å²) in [5.41, 5.74) is 7.73. The Morgan fingerprint density at radius 3 is 2.82 bits per heavy atom. The number of likely N-dealkylation sites (tertiary alicyclic amines) is 1. The summed E-state index contributed by atoms with van der Waals surface area (Å²) in [4.78, 5) is 2.33. The van der Waals surface area contributed by atoms with E-state index in [4.69, 9.17) is 5.73 Å². The summed E-state index contributed by atoms with van der Waals surface area (Å²) in [7, 11) is 0. The van der Waals surface area contributed by atoms with Crippen LogP contribution in [0.25, 0.3) is 0 Å². The van der Waals surface area contributed by atoms with Gasteiger partial charge < -0.3 is 10.8 Å². The molecule has 0 spiro atoms. The van der Waals surface area contributed by atoms with E-state index in [-0.39, 0.29) is 0 Å². The molecule has 1 heterocycles. The van der Waals surface area contributed by atoms with Crippen molar-refractivity contribution >= 4 is 5.69 Å². The number of hydrogen-bond acceptors (Lipinski definition) is 3. The molecule has 1 aromatic rings. The largest absolute Gasteiger partial charge is 0.399 e. The van der Waals surface area contributed by atoms with E-state index in [1.54, 1.807) is 0 Å². The maximum atomic E-state index is 10.2. The lowest BCUT2D eigenvalue weighted by Crippen LogP contribution is -2.28. The van der Waals surface area contributed by atoms with Crippen molar-refractivity contribution in [2.75, 3.05) is 25.4 Å². The molecule has 3 heteroatoms. The Bertz CT molecular complexity index is 390. The van der Waals surface area contributed by atoms with Crippen molar-refractivity contribution in [2.24, 2.45) is 5.41 Å². The normalized spacial score (nSPS) is 21.6. The smallest absolute Gasteiger partial charge is 0.0917 e. The lowest BCUT2D eigenvalue weighted by Gasteiger charge is -2.22. The standard InChI is InChI=1S/C14H22N2O/c1-14(2)6-7-16(10-14)9-13(17)11-4-3-5-12(15)8-11/h3-5,8,13,17H,6-7,9-10,15H2,1-2H3. The van der Waals surface area contributed by atoms with Gasteiger partial charge in [-0.15, -0.1) is 0 Å². The Morgan fingerprint density at radius 2 is 2.24 bits per heavy atom. The minimum absolute atomic E-state index is 0.384. The molecule has 94 valence electrons. The van der Waals surface area contributed by atoms with Crippen molar-refractivity contribution in [1.29, 1.82) is 0 Å². The predicted octanol–water partition coefficient (Wildman–Crippen LogP) is 2.03. The number of hydrogen-bond donors (Lipinski definition) is 2. The van der Waals surface area contributed by atoms with Gasteiger partial charge >= 0.3 is 0 Å². The van der Waals surface area contributed by atoms with Crippen LogP contribution in [0, 0.1) is 5.41 Å². The zero-order valence-corrected chi connectivity index (χ0v) is 10.7. The Hall–Kier alpha value is -1.06. The van der Waals surface area contributed by atoms with E-state index in [1.165, 1.54) is 6.42 Å². The third-order valence-electron chi connectivity index (χ3n) is 3.48. The molecule has 0 aromatic heterocycles. The molecule has 3 N–H and O–H groups in total. The molecule has 0 bridgehead atoms. The van der Waals surface area contributed by atoms with Crippen LogP contribution in [0.5, 0.6) is 0 Å². The molecule has 17 heavy (non-hydrogen) atoms. The minimum atomic E-state index is -0.438. The van der Waals surface area contributed by atoms with Gasteiger partial charge in [0.2, 0.25) is 0 Å². The van der Waals surface area contributed by atoms with Crippen LogP contribution in [0.2, 0.25) is 0 Å². The quantitative estimate of drug-likeness (QED) is 0.787. The SMILES string of the molecule is CC1(C)CCN(CC(O)c2cccc(N)c2)C1. The second-order valence-electron chi connectivity index (χ2n) is 5.84. The van der Waals surface area contributed by atoms with Gasteiger partial charge in [-0.2, -0.15) is 0 Å². The summed E-state index contributed by atoms with van der Waals surface area (Å²) in [6.07, 6.45) is 0.767. The summed E-state index contributed by atoms with van der Waals surface area (Å²) in [5, 5.41) is 10.2. The van der Waals surface area contributed by atoms with Crippen molar-refractivity contribution in [3.05, 3.63) is 29.8 Å². The van der Waals surface area contributed by atoms with Crippen LogP contribution in [0.1, 0.15) is 31.9 Å². The molecule has 1 aromatic carbocycles. The molecule has 1 atom stereocenters. The molecular weight excluding hydrogens is 212 g/mol. The van der Waals surface area contributed by atoms with Gasteiger partial charge in [0, 0.05) is 18.8 Å². The van der Waals surface area contributed by atoms with Crippen LogP contribution in [0.4, 0.5) is 5.69 Å². The number of rotatable bonds is 3. The number of aliphatic hydroxyl groups excluding tert-OH is 1. The van der Waals surface area contributed by atoms with Crippen LogP contribution >= 0.6 is 0 Å². The number of β-amino-alcohol motifs (C(OH)–C–C–N with tert-alkyl or cyclic N) is 1. The monoisotopic (exact) mass is 234 g/mol. The fourth-order valence-corrected chi connectivity index (χ4v) is 2.50. The van der Waals surface area contributed by atoms with Crippen molar-refractivity contribution in [3.8, 4) is 0 Å². The van der Waals surface area contributed by atoms with Crippen LogP contribution in [0.15, 0.2) is 24.3 Å². The first-order valence-corrected chi connectivity index (χ1v) is 6.22. The highest BCUT2D eigenvalue weighted by atomic mass is 16.3. The van der Waals surface area contributed by atoms with Gasteiger partial charge in [-0.1, -0.05) is 26.0 Å². The van der Waals surface area contributed by atoms with Crippen molar-refractivity contribution in [1.82, 2.24) is 4.90 Å². The molecule has 1 aliphatic rings. The third-order valence-corrected chi connectivity index (χ3v) is 3.48. The topological polar surface area (TPSA) is 49.5 Å². The highest BCUT2D eigenvalue weighted by Gasteiger charge is 2.30. The van der Waals surface area contributed by atoms with Gasteiger partial charge in [-0.25, -0.2) is 0 Å². The zero-order chi connectivity index (χ0) is 12.5. The second-order valence-corrected chi connectivity index (χ2v) is 5.84. The van der Waals surface area contributed by atoms with Crippen LogP contribution in [-0.4, -0.2) is 29.6 Å². The lowest BCUT2D eigenvalue weighted by molar-refractivity contribution is 0.121. The first-order valence-electron chi connectivity index (χ1n) is 6.22. The molecule has 1 unspecified atom stereocenters. The summed E-state index contributed by atoms with van der Waals surface area (Å²) in [6, 6.07) is 7.52. The van der Waals surface area contributed by atoms with Gasteiger partial charge in [0.1, 0.15) is 0 Å². The number of nitrogen functional groups attached to an aromatic ring is 1. The first-order chi connectivity index (χ1) is 7.96. The average Bonchev–Trinajstić information content (AvgIpc) is 2.58. The van der Waals surface area contributed by atoms with Gasteiger partial charge in [0.15, 0.2) is 0 Å². The molecule has 1 saturated heterocycles. The molecule has 0 radical (unpaired) electrons. The molecule has 0 saturated carbocycles. The van der Waals surface area contributed by atoms with Crippen molar-refractivity contribution < 1.29 is 5.11 Å². The Morgan fingerprint density at radius 1 is 1.47 bits per heavy atom. The molecule has 1 fully saturated rings. The molecule has 0 amide bonds. The van der Waals surface area contributed by atoms with Gasteiger partial charge in [-0.05, 0) is 36.1 Å². The second kappa shape index (κ2) is 4.67. The summed E-state index contributed by atoms with van der Waals surface area (Å²) < 4.78 is 0. The first kappa shape index (κ1) is 12.4. The maximum absolute atomic E-state index is 10.2. The zero-order valence-electron chi connectivity index (χ0n) is 10.7. The number of nitrogens with zero attached hydrogens (tertiary/aromatic N) is 1. The summed E-state index contributed by atoms with van der Waals surface area (Å²) in [5.74, 6) is 0. The van der Waals surface area contributed by atoms with E-state index in [0.717, 1.165) is 18.7 Å². The van der Waals surface area contributed by atoms with E-state index >= 15 is 0 Å². The van der Waals surface area contributed by atoms with E-state index < -0.39 is 6.10 Å². The van der Waals surface area contributed by atoms with E-state index in [2.05, 4.69) is 18.7 Å². The predicted molar refractivity (Wildman–Crippen MR) is 70.7 cm³/mol. The van der Waals surface area contributed by atoms with Crippen LogP contribution in [0.3, 0.4) is 0 Å². The van der Waals surface area contributed by atoms with E-state index in [1.807, 2.05) is 24.3 Å². The van der Waals surface area contributed by atoms with Gasteiger partial charge in [0.05, 0.1) is 6.10 Å². The Labute approximate surface area is 103 Å². The Balaban J connectivity index is 1.96. The average molecular weight is 234 g/mol. The lowest BCUT2D eigenvalue weighted by atomic mass is 9.93.